The highest BCUT2D eigenvalue weighted by molar-refractivity contribution is 6.42. The van der Waals surface area contributed by atoms with E-state index in [1.807, 2.05) is 30.5 Å². The van der Waals surface area contributed by atoms with E-state index >= 15 is 0 Å². The first-order valence-electron chi connectivity index (χ1n) is 7.90. The Morgan fingerprint density at radius 1 is 1.12 bits per heavy atom. The van der Waals surface area contributed by atoms with Gasteiger partial charge in [0.15, 0.2) is 0 Å². The number of H-pyrrole nitrogens is 1. The smallest absolute Gasteiger partial charge is 0.221 e. The summed E-state index contributed by atoms with van der Waals surface area (Å²) >= 11 is 12.1. The molecule has 0 spiro atoms. The van der Waals surface area contributed by atoms with Crippen LogP contribution >= 0.6 is 23.2 Å². The average molecular weight is 385 g/mol. The van der Waals surface area contributed by atoms with Crippen LogP contribution in [0.2, 0.25) is 10.0 Å². The molecule has 0 radical (unpaired) electrons. The van der Waals surface area contributed by atoms with Crippen molar-refractivity contribution in [1.29, 1.82) is 0 Å². The van der Waals surface area contributed by atoms with Crippen molar-refractivity contribution < 1.29 is 4.79 Å². The number of nitrogens with one attached hydrogen (secondary N) is 2. The van der Waals surface area contributed by atoms with Crippen LogP contribution in [0.25, 0.3) is 27.7 Å². The second-order valence-corrected chi connectivity index (χ2v) is 6.73. The molecule has 130 valence electrons. The summed E-state index contributed by atoms with van der Waals surface area (Å²) in [6, 6.07) is 11.4. The molecule has 5 nitrogen and oxygen atoms in total. The first-order chi connectivity index (χ1) is 12.5. The molecule has 1 amide bonds. The standard InChI is InChI=1S/C19H14Cl2N4O/c1-11(26)24-19-9-22-18-5-2-12(6-15(18)19)13-8-23-25(10-13)14-3-4-16(20)17(21)7-14/h2-10,22H,1H3,(H,24,26). The molecule has 0 atom stereocenters. The molecule has 0 aliphatic heterocycles. The third-order valence-corrected chi connectivity index (χ3v) is 4.82. The van der Waals surface area contributed by atoms with E-state index in [1.54, 1.807) is 29.2 Å². The molecule has 2 N–H and O–H groups in total. The van der Waals surface area contributed by atoms with Gasteiger partial charge in [-0.3, -0.25) is 4.79 Å². The molecule has 2 aromatic carbocycles. The SMILES string of the molecule is CC(=O)Nc1c[nH]c2ccc(-c3cnn(-c4ccc(Cl)c(Cl)c4)c3)cc12. The molecule has 2 heterocycles. The second-order valence-electron chi connectivity index (χ2n) is 5.92. The van der Waals surface area contributed by atoms with Gasteiger partial charge in [0, 0.05) is 35.8 Å². The van der Waals surface area contributed by atoms with Crippen LogP contribution in [0.1, 0.15) is 6.92 Å². The van der Waals surface area contributed by atoms with Crippen LogP contribution in [0, 0.1) is 0 Å². The van der Waals surface area contributed by atoms with Gasteiger partial charge in [-0.05, 0) is 35.9 Å². The van der Waals surface area contributed by atoms with Gasteiger partial charge in [0.25, 0.3) is 0 Å². The zero-order valence-corrected chi connectivity index (χ0v) is 15.3. The van der Waals surface area contributed by atoms with Crippen LogP contribution in [0.4, 0.5) is 5.69 Å². The van der Waals surface area contributed by atoms with Crippen molar-refractivity contribution in [1.82, 2.24) is 14.8 Å². The minimum atomic E-state index is -0.108. The number of benzene rings is 2. The number of hydrogen-bond acceptors (Lipinski definition) is 2. The fourth-order valence-electron chi connectivity index (χ4n) is 2.83. The summed E-state index contributed by atoms with van der Waals surface area (Å²) in [4.78, 5) is 14.5. The van der Waals surface area contributed by atoms with Gasteiger partial charge in [-0.25, -0.2) is 4.68 Å². The van der Waals surface area contributed by atoms with Gasteiger partial charge in [-0.2, -0.15) is 5.10 Å². The quantitative estimate of drug-likeness (QED) is 0.504. The van der Waals surface area contributed by atoms with Gasteiger partial charge >= 0.3 is 0 Å². The molecule has 0 saturated heterocycles. The van der Waals surface area contributed by atoms with Crippen LogP contribution < -0.4 is 5.32 Å². The number of hydrogen-bond donors (Lipinski definition) is 2. The predicted molar refractivity (Wildman–Crippen MR) is 105 cm³/mol. The molecule has 7 heteroatoms. The van der Waals surface area contributed by atoms with E-state index in [-0.39, 0.29) is 5.91 Å². The molecule has 0 unspecified atom stereocenters. The lowest BCUT2D eigenvalue weighted by Gasteiger charge is -2.03. The molecule has 0 aliphatic rings. The minimum absolute atomic E-state index is 0.108. The maximum absolute atomic E-state index is 11.4. The highest BCUT2D eigenvalue weighted by atomic mass is 35.5. The van der Waals surface area contributed by atoms with Crippen molar-refractivity contribution in [2.75, 3.05) is 5.32 Å². The first-order valence-corrected chi connectivity index (χ1v) is 8.66. The Balaban J connectivity index is 1.72. The summed E-state index contributed by atoms with van der Waals surface area (Å²) in [7, 11) is 0. The number of rotatable bonds is 3. The van der Waals surface area contributed by atoms with Gasteiger partial charge in [-0.15, -0.1) is 0 Å². The Hall–Kier alpha value is -2.76. The molecule has 0 fully saturated rings. The van der Waals surface area contributed by atoms with Crippen LogP contribution in [0.3, 0.4) is 0 Å². The Bertz CT molecular complexity index is 1130. The van der Waals surface area contributed by atoms with Gasteiger partial charge in [-0.1, -0.05) is 29.3 Å². The Labute approximate surface area is 159 Å². The number of anilines is 1. The van der Waals surface area contributed by atoms with E-state index in [0.717, 1.165) is 33.4 Å². The largest absolute Gasteiger partial charge is 0.359 e. The summed E-state index contributed by atoms with van der Waals surface area (Å²) < 4.78 is 1.74. The molecule has 0 saturated carbocycles. The summed E-state index contributed by atoms with van der Waals surface area (Å²) in [5.41, 5.74) is 4.48. The van der Waals surface area contributed by atoms with E-state index in [0.29, 0.717) is 10.0 Å². The third kappa shape index (κ3) is 3.07. The number of halogens is 2. The lowest BCUT2D eigenvalue weighted by atomic mass is 10.1. The van der Waals surface area contributed by atoms with Gasteiger partial charge in [0.05, 0.1) is 27.6 Å². The fraction of sp³-hybridized carbons (Fsp3) is 0.0526. The molecule has 2 aromatic heterocycles. The molecule has 0 aliphatic carbocycles. The van der Waals surface area contributed by atoms with E-state index in [9.17, 15) is 4.79 Å². The van der Waals surface area contributed by atoms with Gasteiger partial charge < -0.3 is 10.3 Å². The molecule has 4 rings (SSSR count). The summed E-state index contributed by atoms with van der Waals surface area (Å²) in [5, 5.41) is 9.17. The topological polar surface area (TPSA) is 62.7 Å². The zero-order valence-electron chi connectivity index (χ0n) is 13.8. The average Bonchev–Trinajstić information content (AvgIpc) is 3.24. The van der Waals surface area contributed by atoms with Crippen LogP contribution in [0.15, 0.2) is 55.0 Å². The highest BCUT2D eigenvalue weighted by Gasteiger charge is 2.09. The van der Waals surface area contributed by atoms with Crippen molar-refractivity contribution >= 4 is 45.7 Å². The third-order valence-electron chi connectivity index (χ3n) is 4.08. The normalized spacial score (nSPS) is 11.0. The molecule has 4 aromatic rings. The number of aromatic amines is 1. The van der Waals surface area contributed by atoms with Crippen LogP contribution in [-0.4, -0.2) is 20.7 Å². The minimum Gasteiger partial charge on any atom is -0.359 e. The van der Waals surface area contributed by atoms with E-state index in [4.69, 9.17) is 23.2 Å². The van der Waals surface area contributed by atoms with Crippen molar-refractivity contribution in [3.63, 3.8) is 0 Å². The lowest BCUT2D eigenvalue weighted by Crippen LogP contribution is -2.04. The van der Waals surface area contributed by atoms with Crippen molar-refractivity contribution in [2.45, 2.75) is 6.92 Å². The Kier molecular flexibility index (Phi) is 4.18. The number of aromatic nitrogens is 3. The Morgan fingerprint density at radius 3 is 2.73 bits per heavy atom. The van der Waals surface area contributed by atoms with E-state index in [1.165, 1.54) is 6.92 Å². The monoisotopic (exact) mass is 384 g/mol. The van der Waals surface area contributed by atoms with Crippen molar-refractivity contribution in [3.05, 3.63) is 65.0 Å². The summed E-state index contributed by atoms with van der Waals surface area (Å²) in [6.07, 6.45) is 5.49. The molecule has 0 bridgehead atoms. The fourth-order valence-corrected chi connectivity index (χ4v) is 3.13. The number of amides is 1. The lowest BCUT2D eigenvalue weighted by molar-refractivity contribution is -0.114. The van der Waals surface area contributed by atoms with Crippen molar-refractivity contribution in [2.24, 2.45) is 0 Å². The molecular formula is C19H14Cl2N4O. The van der Waals surface area contributed by atoms with Gasteiger partial charge in [0.2, 0.25) is 5.91 Å². The van der Waals surface area contributed by atoms with Crippen LogP contribution in [-0.2, 0) is 4.79 Å². The van der Waals surface area contributed by atoms with Crippen molar-refractivity contribution in [3.8, 4) is 16.8 Å². The number of carbonyl (C=O) groups excluding carboxylic acids is 1. The van der Waals surface area contributed by atoms with Gasteiger partial charge in [0.1, 0.15) is 0 Å². The second kappa shape index (κ2) is 6.52. The molecule has 26 heavy (non-hydrogen) atoms. The van der Waals surface area contributed by atoms with E-state index in [2.05, 4.69) is 15.4 Å². The number of carbonyl (C=O) groups is 1. The maximum atomic E-state index is 11.4. The predicted octanol–water partition coefficient (Wildman–Crippen LogP) is 5.29. The summed E-state index contributed by atoms with van der Waals surface area (Å²) in [6.45, 7) is 1.49. The zero-order chi connectivity index (χ0) is 18.3. The maximum Gasteiger partial charge on any atom is 0.221 e. The Morgan fingerprint density at radius 2 is 1.96 bits per heavy atom. The summed E-state index contributed by atoms with van der Waals surface area (Å²) in [5.74, 6) is -0.108. The number of fused-ring (bicyclic) bond motifs is 1. The van der Waals surface area contributed by atoms with E-state index < -0.39 is 0 Å². The first kappa shape index (κ1) is 16.7. The number of nitrogens with zero attached hydrogens (tertiary/aromatic N) is 2. The highest BCUT2D eigenvalue weighted by Crippen LogP contribution is 2.30. The van der Waals surface area contributed by atoms with Crippen LogP contribution in [0.5, 0.6) is 0 Å². The molecular weight excluding hydrogens is 371 g/mol.